The van der Waals surface area contributed by atoms with Gasteiger partial charge in [0.05, 0.1) is 72.1 Å². The molecule has 0 radical (unpaired) electrons. The van der Waals surface area contributed by atoms with Crippen molar-refractivity contribution in [3.63, 3.8) is 0 Å². The summed E-state index contributed by atoms with van der Waals surface area (Å²) in [4.78, 5) is 143. The Labute approximate surface area is 899 Å². The fraction of sp³-hybridized carbons (Fsp3) is 0.366. The van der Waals surface area contributed by atoms with Gasteiger partial charge in [-0.15, -0.1) is 45.8 Å². The number of carbonyl (C=O) groups excluding carboxylic acids is 12. The molecule has 8 aromatic heterocycles. The molecule has 6 amide bonds. The molecule has 0 unspecified atom stereocenters. The van der Waals surface area contributed by atoms with Crippen molar-refractivity contribution in [1.82, 2.24) is 61.4 Å². The first-order valence-electron chi connectivity index (χ1n) is 41.3. The fourth-order valence-corrected chi connectivity index (χ4v) is 9.51. The first kappa shape index (κ1) is 161. The zero-order valence-electron chi connectivity index (χ0n) is 81.1. The van der Waals surface area contributed by atoms with Gasteiger partial charge in [0.15, 0.2) is 86.8 Å². The van der Waals surface area contributed by atoms with Gasteiger partial charge < -0.3 is 184 Å². The largest absolute Gasteiger partial charge is 1.00 e. The number of hydrogen-bond donors (Lipinski definition) is 8. The molecule has 0 aromatic carbocycles. The summed E-state index contributed by atoms with van der Waals surface area (Å²) in [6.45, 7) is 37.4. The molecule has 0 aliphatic carbocycles. The Hall–Kier alpha value is -8.47. The highest BCUT2D eigenvalue weighted by atomic mass is 35.5. The Morgan fingerprint density at radius 2 is 0.403 bits per heavy atom. The highest BCUT2D eigenvalue weighted by Crippen LogP contribution is 2.03. The van der Waals surface area contributed by atoms with Crippen molar-refractivity contribution in [2.24, 2.45) is 60.8 Å². The van der Waals surface area contributed by atoms with E-state index in [0.717, 1.165) is 6.54 Å². The van der Waals surface area contributed by atoms with E-state index in [-0.39, 0.29) is 227 Å². The molecule has 0 aliphatic heterocycles. The van der Waals surface area contributed by atoms with Gasteiger partial charge in [0, 0.05) is 97.3 Å². The Bertz CT molecular complexity index is 3570. The molecule has 0 saturated heterocycles. The summed E-state index contributed by atoms with van der Waals surface area (Å²) < 4.78 is 14.0. The second-order valence-electron chi connectivity index (χ2n) is 25.9. The molecule has 139 heavy (non-hydrogen) atoms. The molecule has 0 aliphatic rings. The summed E-state index contributed by atoms with van der Waals surface area (Å²) in [7, 11) is 14.0. The van der Waals surface area contributed by atoms with Gasteiger partial charge in [0.2, 0.25) is 66.9 Å². The van der Waals surface area contributed by atoms with E-state index < -0.39 is 31.5 Å². The van der Waals surface area contributed by atoms with Crippen molar-refractivity contribution < 1.29 is 176 Å². The summed E-state index contributed by atoms with van der Waals surface area (Å²) in [5, 5.41) is 10.7. The molecular formula is C93H143Cl13N21O12-7. The average molecular weight is 2210 g/mol. The highest BCUT2D eigenvalue weighted by molar-refractivity contribution is 6.72. The molecule has 790 valence electrons. The highest BCUT2D eigenvalue weighted by Gasteiger charge is 2.22. The third-order valence-electron chi connectivity index (χ3n) is 14.2. The molecule has 0 spiro atoms. The van der Waals surface area contributed by atoms with Crippen LogP contribution in [0.15, 0.2) is 245 Å². The van der Waals surface area contributed by atoms with E-state index in [1.165, 1.54) is 39.2 Å². The Kier molecular flexibility index (Phi) is 139. The van der Waals surface area contributed by atoms with Crippen LogP contribution in [-0.2, 0) is 107 Å². The zero-order valence-corrected chi connectivity index (χ0v) is 90.9. The molecule has 8 heterocycles. The van der Waals surface area contributed by atoms with Crippen molar-refractivity contribution >= 4 is 137 Å². The Morgan fingerprint density at radius 3 is 0.496 bits per heavy atom. The number of amides is 6. The number of carbonyl (C=O) groups is 12. The van der Waals surface area contributed by atoms with E-state index in [1.807, 2.05) is 321 Å². The third kappa shape index (κ3) is 134. The summed E-state index contributed by atoms with van der Waals surface area (Å²) in [5.41, 5.74) is 9.58. The first-order chi connectivity index (χ1) is 62.8. The minimum Gasteiger partial charge on any atom is -1.00 e. The first-order valence-corrected chi connectivity index (χ1v) is 43.5. The van der Waals surface area contributed by atoms with Crippen molar-refractivity contribution in [3.05, 3.63) is 293 Å². The number of halogens is 13. The number of hydrogen-bond acceptors (Lipinski definition) is 20. The van der Waals surface area contributed by atoms with E-state index in [4.69, 9.17) is 81.1 Å². The molecule has 10 N–H and O–H groups in total. The molecule has 8 aromatic rings. The minimum atomic E-state index is -0.722. The maximum absolute atomic E-state index is 11.9. The van der Waals surface area contributed by atoms with Crippen LogP contribution in [-0.4, -0.2) is 234 Å². The SMILES string of the molecule is CCN.CCN(CC)CC.C[n+]1ccccc1.C[n+]1ccccc1.C[n+]1ccccc1.C[n+]1ccccc1.C[n+]1ccccc1.C[n+]1ccccc1.C[n+]1ccccc1.O=C(Cl)CC(=O)Cl.O=C(Cl)CN(CC(=O)Cl)CN(CC(=O)Cl)CC(=O)Cl.[CH2-]CN.[CH2-]CNC(=O)CC(=O)NC[CH2-].[CH2-]CNC(=O)CN(CC(=O)NC[CH2-])CN(CC(=O)NC[CH2-])CC(=O)NC[CH2-].[Cl-].[Cl-].[Cl-].[Cl-].[Cl-].[Cl-].[Cl-].c1ccncc1. The number of nitrogens with one attached hydrogen (secondary N) is 6. The number of aromatic nitrogens is 8. The molecule has 0 bridgehead atoms. The van der Waals surface area contributed by atoms with Crippen LogP contribution in [0.5, 0.6) is 0 Å². The van der Waals surface area contributed by atoms with E-state index in [2.05, 4.69) is 111 Å². The maximum Gasteiger partial charge on any atom is 0.235 e. The van der Waals surface area contributed by atoms with Crippen LogP contribution in [0.25, 0.3) is 0 Å². The quantitative estimate of drug-likeness (QED) is 0.00622. The van der Waals surface area contributed by atoms with Crippen LogP contribution >= 0.6 is 69.6 Å². The predicted octanol–water partition coefficient (Wildman–Crippen LogP) is -17.1. The fourth-order valence-electron chi connectivity index (χ4n) is 8.52. The molecule has 8 rings (SSSR count). The third-order valence-corrected chi connectivity index (χ3v) is 14.9. The van der Waals surface area contributed by atoms with Crippen LogP contribution < -0.4 is 162 Å². The molecule has 0 saturated carbocycles. The van der Waals surface area contributed by atoms with Gasteiger partial charge in [-0.1, -0.05) is 76.2 Å². The van der Waals surface area contributed by atoms with Gasteiger partial charge in [0.1, 0.15) is 55.8 Å². The number of nitrogens with two attached hydrogens (primary N) is 2. The predicted molar refractivity (Wildman–Crippen MR) is 521 cm³/mol. The van der Waals surface area contributed by atoms with Crippen molar-refractivity contribution in [1.29, 1.82) is 0 Å². The van der Waals surface area contributed by atoms with E-state index in [9.17, 15) is 57.5 Å². The van der Waals surface area contributed by atoms with E-state index in [0.29, 0.717) is 19.6 Å². The average Bonchev–Trinajstić information content (AvgIpc) is 0.860. The number of pyridine rings is 8. The smallest absolute Gasteiger partial charge is 0.235 e. The van der Waals surface area contributed by atoms with Crippen molar-refractivity contribution in [3.8, 4) is 0 Å². The topological polar surface area (TPSA) is 385 Å². The lowest BCUT2D eigenvalue weighted by atomic mass is 10.4. The summed E-state index contributed by atoms with van der Waals surface area (Å²) >= 11 is 30.3. The normalized spacial score (nSPS) is 8.86. The molecule has 0 atom stereocenters. The molecule has 46 heteroatoms. The summed E-state index contributed by atoms with van der Waals surface area (Å²) in [6.07, 6.45) is 31.0. The Balaban J connectivity index is -0.000000104. The van der Waals surface area contributed by atoms with E-state index >= 15 is 0 Å². The van der Waals surface area contributed by atoms with Gasteiger partial charge in [-0.2, -0.15) is 0 Å². The lowest BCUT2D eigenvalue weighted by molar-refractivity contribution is -0.671. The number of rotatable bonds is 33. The molecule has 33 nitrogen and oxygen atoms in total. The lowest BCUT2D eigenvalue weighted by Gasteiger charge is -2.29. The van der Waals surface area contributed by atoms with Gasteiger partial charge in [-0.25, -0.2) is 32.0 Å². The standard InChI is InChI=1S/C17H30N6O4.C9H10Cl4N2O4.C7H12N2O2.7C6H8N.C6H15N.C5H5N.C3H2Cl2O2.C2H7N.C2H6N.7ClH/c1-5-18-14(24)9-22(10-15(25)19-6-2)13-23(11-16(26)20-7-3)12-17(27)21-8-4;10-6(16)1-14(2-7(11)17)5-15(3-8(12)18)4-9(13)19;1-3-8-6(10)5-7(11)9-4-2;7*1-7-5-3-2-4-6-7;1-4-7(5-2)6-3;1-2-4-6-5-3-1;4-2(6)1-3(5)7;2*1-2-3;;;;;;;/h1-13H2,(H,18,24)(H,19,25)(H,20,26)(H,21,27);1-5H2;1-5H2,(H,8,10)(H,9,11);7*2-6H,1H3;4-6H2,1-3H3;1-5H;1H2;2-3H2,1H3;1-3H2;7*1H/q-4;;-2;7*+1;;;;;-1;;;;;;;/p-7. The number of aryl methyl sites for hydroxylation is 7. The summed E-state index contributed by atoms with van der Waals surface area (Å²) in [5.74, 6) is -1.92. The van der Waals surface area contributed by atoms with Crippen LogP contribution in [0.3, 0.4) is 0 Å². The molecular weight excluding hydrogens is 2060 g/mol. The summed E-state index contributed by atoms with van der Waals surface area (Å²) in [6, 6.07) is 47.7. The monoisotopic (exact) mass is 2200 g/mol. The second-order valence-corrected chi connectivity index (χ2v) is 28.5. The van der Waals surface area contributed by atoms with E-state index in [1.54, 1.807) is 12.4 Å². The number of nitrogens with zero attached hydrogens (tertiary/aromatic N) is 13. The lowest BCUT2D eigenvalue weighted by Crippen LogP contribution is -3.00. The van der Waals surface area contributed by atoms with Crippen molar-refractivity contribution in [2.45, 2.75) is 40.5 Å². The Morgan fingerprint density at radius 1 is 0.252 bits per heavy atom. The van der Waals surface area contributed by atoms with Gasteiger partial charge in [-0.05, 0) is 108 Å². The van der Waals surface area contributed by atoms with Crippen molar-refractivity contribution in [2.75, 3.05) is 138 Å². The van der Waals surface area contributed by atoms with Crippen LogP contribution in [0.1, 0.15) is 40.5 Å². The maximum atomic E-state index is 11.9. The van der Waals surface area contributed by atoms with Crippen LogP contribution in [0, 0.1) is 48.5 Å². The van der Waals surface area contributed by atoms with Gasteiger partial charge in [-0.3, -0.25) is 82.1 Å². The van der Waals surface area contributed by atoms with Gasteiger partial charge in [0.25, 0.3) is 0 Å². The minimum absolute atomic E-state index is 0. The van der Waals surface area contributed by atoms with Crippen LogP contribution in [0.2, 0.25) is 0 Å². The zero-order chi connectivity index (χ0) is 101. The second kappa shape index (κ2) is 120. The molecule has 0 fully saturated rings. The van der Waals surface area contributed by atoms with Crippen LogP contribution in [0.4, 0.5) is 0 Å². The van der Waals surface area contributed by atoms with Gasteiger partial charge >= 0.3 is 0 Å².